The molecule has 2 amide bonds. The Bertz CT molecular complexity index is 335. The molecule has 6 heteroatoms. The highest BCUT2D eigenvalue weighted by molar-refractivity contribution is 5.83. The Labute approximate surface area is 107 Å². The molecule has 2 aliphatic heterocycles. The van der Waals surface area contributed by atoms with Gasteiger partial charge in [-0.2, -0.15) is 0 Å². The summed E-state index contributed by atoms with van der Waals surface area (Å²) < 4.78 is 0. The van der Waals surface area contributed by atoms with Crippen molar-refractivity contribution < 1.29 is 14.7 Å². The summed E-state index contributed by atoms with van der Waals surface area (Å²) in [5, 5.41) is 12.2. The number of piperazine rings is 1. The molecule has 2 heterocycles. The van der Waals surface area contributed by atoms with Crippen LogP contribution in [0.15, 0.2) is 0 Å². The van der Waals surface area contributed by atoms with Crippen molar-refractivity contribution in [1.29, 1.82) is 0 Å². The van der Waals surface area contributed by atoms with Crippen molar-refractivity contribution in [3.8, 4) is 0 Å². The standard InChI is InChI=1S/C12H21N3O3/c1-9-3-2-5-14(8-9)12(18)15-6-4-13-7-10(15)11(16)17/h9-10,13H,2-8H2,1H3,(H,16,17). The number of amides is 2. The van der Waals surface area contributed by atoms with Crippen molar-refractivity contribution in [3.63, 3.8) is 0 Å². The first-order valence-electron chi connectivity index (χ1n) is 6.58. The van der Waals surface area contributed by atoms with Crippen LogP contribution in [0.25, 0.3) is 0 Å². The van der Waals surface area contributed by atoms with E-state index in [0.29, 0.717) is 25.6 Å². The molecule has 2 unspecified atom stereocenters. The summed E-state index contributed by atoms with van der Waals surface area (Å²) in [6, 6.07) is -0.848. The van der Waals surface area contributed by atoms with Gasteiger partial charge in [0.25, 0.3) is 0 Å². The molecule has 2 fully saturated rings. The third-order valence-electron chi connectivity index (χ3n) is 3.70. The number of aliphatic carboxylic acids is 1. The van der Waals surface area contributed by atoms with Crippen LogP contribution in [0.1, 0.15) is 19.8 Å². The van der Waals surface area contributed by atoms with Gasteiger partial charge in [0.1, 0.15) is 6.04 Å². The average Bonchev–Trinajstić information content (AvgIpc) is 2.38. The minimum absolute atomic E-state index is 0.115. The quantitative estimate of drug-likeness (QED) is 0.702. The number of piperidine rings is 1. The molecule has 2 N–H and O–H groups in total. The molecule has 102 valence electrons. The minimum Gasteiger partial charge on any atom is -0.480 e. The summed E-state index contributed by atoms with van der Waals surface area (Å²) in [6.45, 7) is 5.10. The number of hydrogen-bond acceptors (Lipinski definition) is 3. The lowest BCUT2D eigenvalue weighted by atomic mass is 10.0. The lowest BCUT2D eigenvalue weighted by Gasteiger charge is -2.39. The molecular weight excluding hydrogens is 234 g/mol. The highest BCUT2D eigenvalue weighted by atomic mass is 16.4. The number of carbonyl (C=O) groups excluding carboxylic acids is 1. The molecule has 2 atom stereocenters. The van der Waals surface area contributed by atoms with Gasteiger partial charge >= 0.3 is 12.0 Å². The van der Waals surface area contributed by atoms with Crippen molar-refractivity contribution in [3.05, 3.63) is 0 Å². The summed E-state index contributed by atoms with van der Waals surface area (Å²) in [4.78, 5) is 26.8. The predicted molar refractivity (Wildman–Crippen MR) is 66.4 cm³/mol. The van der Waals surface area contributed by atoms with Crippen LogP contribution in [0, 0.1) is 5.92 Å². The summed E-state index contributed by atoms with van der Waals surface area (Å²) in [6.07, 6.45) is 2.16. The van der Waals surface area contributed by atoms with Gasteiger partial charge in [-0.3, -0.25) is 0 Å². The predicted octanol–water partition coefficient (Wildman–Crippen LogP) is 0.197. The molecule has 6 nitrogen and oxygen atoms in total. The fourth-order valence-electron chi connectivity index (χ4n) is 2.70. The number of nitrogens with zero attached hydrogens (tertiary/aromatic N) is 2. The summed E-state index contributed by atoms with van der Waals surface area (Å²) in [5.74, 6) is -0.422. The van der Waals surface area contributed by atoms with Gasteiger partial charge in [-0.15, -0.1) is 0 Å². The molecule has 0 radical (unpaired) electrons. The highest BCUT2D eigenvalue weighted by Gasteiger charge is 2.35. The number of carboxylic acid groups (broad SMARTS) is 1. The van der Waals surface area contributed by atoms with E-state index in [1.807, 2.05) is 0 Å². The van der Waals surface area contributed by atoms with Gasteiger partial charge in [0.2, 0.25) is 0 Å². The molecule has 0 aromatic carbocycles. The van der Waals surface area contributed by atoms with Gasteiger partial charge in [0.05, 0.1) is 0 Å². The maximum absolute atomic E-state index is 12.4. The fourth-order valence-corrected chi connectivity index (χ4v) is 2.70. The van der Waals surface area contributed by atoms with Crippen LogP contribution in [-0.2, 0) is 4.79 Å². The van der Waals surface area contributed by atoms with Gasteiger partial charge in [0, 0.05) is 32.7 Å². The second-order valence-corrected chi connectivity index (χ2v) is 5.23. The maximum atomic E-state index is 12.4. The smallest absolute Gasteiger partial charge is 0.327 e. The van der Waals surface area contributed by atoms with Crippen molar-refractivity contribution >= 4 is 12.0 Å². The molecule has 2 aliphatic rings. The van der Waals surface area contributed by atoms with Crippen molar-refractivity contribution in [2.75, 3.05) is 32.7 Å². The zero-order chi connectivity index (χ0) is 13.1. The first kappa shape index (κ1) is 13.1. The molecule has 0 bridgehead atoms. The van der Waals surface area contributed by atoms with E-state index in [9.17, 15) is 9.59 Å². The van der Waals surface area contributed by atoms with E-state index < -0.39 is 12.0 Å². The van der Waals surface area contributed by atoms with Gasteiger partial charge in [-0.25, -0.2) is 9.59 Å². The van der Waals surface area contributed by atoms with Crippen LogP contribution in [0.3, 0.4) is 0 Å². The van der Waals surface area contributed by atoms with Gasteiger partial charge in [-0.1, -0.05) is 6.92 Å². The molecule has 0 saturated carbocycles. The van der Waals surface area contributed by atoms with E-state index in [0.717, 1.165) is 25.9 Å². The number of carboxylic acids is 1. The number of likely N-dealkylation sites (tertiary alicyclic amines) is 1. The Hall–Kier alpha value is -1.30. The maximum Gasteiger partial charge on any atom is 0.327 e. The number of nitrogens with one attached hydrogen (secondary N) is 1. The zero-order valence-electron chi connectivity index (χ0n) is 10.8. The second kappa shape index (κ2) is 5.56. The molecule has 0 aliphatic carbocycles. The van der Waals surface area contributed by atoms with E-state index in [1.54, 1.807) is 4.90 Å². The Kier molecular flexibility index (Phi) is 4.06. The molecule has 2 rings (SSSR count). The molecule has 0 spiro atoms. The minimum atomic E-state index is -0.930. The normalized spacial score (nSPS) is 29.2. The van der Waals surface area contributed by atoms with E-state index in [-0.39, 0.29) is 6.03 Å². The Morgan fingerprint density at radius 3 is 2.78 bits per heavy atom. The third kappa shape index (κ3) is 2.75. The van der Waals surface area contributed by atoms with Crippen LogP contribution >= 0.6 is 0 Å². The first-order valence-corrected chi connectivity index (χ1v) is 6.58. The van der Waals surface area contributed by atoms with E-state index >= 15 is 0 Å². The SMILES string of the molecule is CC1CCCN(C(=O)N2CCNCC2C(=O)O)C1. The van der Waals surface area contributed by atoms with Crippen LogP contribution in [0.5, 0.6) is 0 Å². The highest BCUT2D eigenvalue weighted by Crippen LogP contribution is 2.18. The third-order valence-corrected chi connectivity index (χ3v) is 3.70. The molecule has 0 aromatic heterocycles. The summed E-state index contributed by atoms with van der Waals surface area (Å²) >= 11 is 0. The largest absolute Gasteiger partial charge is 0.480 e. The van der Waals surface area contributed by atoms with E-state index in [2.05, 4.69) is 12.2 Å². The Balaban J connectivity index is 2.03. The van der Waals surface area contributed by atoms with E-state index in [4.69, 9.17) is 5.11 Å². The lowest BCUT2D eigenvalue weighted by molar-refractivity contribution is -0.142. The second-order valence-electron chi connectivity index (χ2n) is 5.23. The van der Waals surface area contributed by atoms with Gasteiger partial charge in [-0.05, 0) is 18.8 Å². The first-order chi connectivity index (χ1) is 8.59. The van der Waals surface area contributed by atoms with Crippen LogP contribution < -0.4 is 5.32 Å². The topological polar surface area (TPSA) is 72.9 Å². The number of rotatable bonds is 1. The molecular formula is C12H21N3O3. The molecule has 18 heavy (non-hydrogen) atoms. The zero-order valence-corrected chi connectivity index (χ0v) is 10.8. The lowest BCUT2D eigenvalue weighted by Crippen LogP contribution is -2.60. The van der Waals surface area contributed by atoms with Gasteiger partial charge < -0.3 is 20.2 Å². The van der Waals surface area contributed by atoms with Crippen LogP contribution in [-0.4, -0.2) is 65.7 Å². The van der Waals surface area contributed by atoms with Crippen LogP contribution in [0.2, 0.25) is 0 Å². The summed E-state index contributed by atoms with van der Waals surface area (Å²) in [7, 11) is 0. The average molecular weight is 255 g/mol. The Morgan fingerprint density at radius 2 is 2.11 bits per heavy atom. The van der Waals surface area contributed by atoms with E-state index in [1.165, 1.54) is 4.90 Å². The molecule has 2 saturated heterocycles. The Morgan fingerprint density at radius 1 is 1.33 bits per heavy atom. The van der Waals surface area contributed by atoms with Crippen LogP contribution in [0.4, 0.5) is 4.79 Å². The molecule has 0 aromatic rings. The fraction of sp³-hybridized carbons (Fsp3) is 0.833. The number of hydrogen-bond donors (Lipinski definition) is 2. The van der Waals surface area contributed by atoms with Crippen molar-refractivity contribution in [2.24, 2.45) is 5.92 Å². The monoisotopic (exact) mass is 255 g/mol. The number of carbonyl (C=O) groups is 2. The van der Waals surface area contributed by atoms with Crippen molar-refractivity contribution in [1.82, 2.24) is 15.1 Å². The summed E-state index contributed by atoms with van der Waals surface area (Å²) in [5.41, 5.74) is 0. The van der Waals surface area contributed by atoms with Crippen molar-refractivity contribution in [2.45, 2.75) is 25.8 Å². The number of urea groups is 1. The van der Waals surface area contributed by atoms with Gasteiger partial charge in [0.15, 0.2) is 0 Å².